The maximum absolute atomic E-state index is 2.55. The molecule has 0 aromatic heterocycles. The molecule has 2 heteroatoms. The van der Waals surface area contributed by atoms with Crippen molar-refractivity contribution in [2.75, 3.05) is 38.1 Å². The first-order chi connectivity index (χ1) is 8.99. The van der Waals surface area contributed by atoms with E-state index in [4.69, 9.17) is 0 Å². The molecule has 106 valence electrons. The predicted molar refractivity (Wildman–Crippen MR) is 84.1 cm³/mol. The quantitative estimate of drug-likeness (QED) is 0.820. The van der Waals surface area contributed by atoms with E-state index < -0.39 is 0 Å². The molecule has 19 heavy (non-hydrogen) atoms. The Kier molecular flexibility index (Phi) is 4.51. The number of benzene rings is 1. The average molecular weight is 260 g/mol. The molecule has 1 unspecified atom stereocenters. The second-order valence-corrected chi connectivity index (χ2v) is 6.37. The number of anilines is 1. The monoisotopic (exact) mass is 260 g/mol. The Hall–Kier alpha value is -1.02. The van der Waals surface area contributed by atoms with Crippen LogP contribution in [-0.4, -0.2) is 38.1 Å². The number of hydrogen-bond acceptors (Lipinski definition) is 2. The minimum Gasteiger partial charge on any atom is -0.369 e. The van der Waals surface area contributed by atoms with Gasteiger partial charge >= 0.3 is 0 Å². The summed E-state index contributed by atoms with van der Waals surface area (Å²) in [4.78, 5) is 4.96. The van der Waals surface area contributed by atoms with Gasteiger partial charge in [-0.25, -0.2) is 0 Å². The topological polar surface area (TPSA) is 6.48 Å². The van der Waals surface area contributed by atoms with Crippen molar-refractivity contribution in [1.29, 1.82) is 0 Å². The Morgan fingerprint density at radius 2 is 1.63 bits per heavy atom. The second-order valence-electron chi connectivity index (χ2n) is 6.37. The molecule has 1 aromatic rings. The van der Waals surface area contributed by atoms with Crippen LogP contribution in [0.5, 0.6) is 0 Å². The van der Waals surface area contributed by atoms with Crippen LogP contribution in [0.25, 0.3) is 0 Å². The second kappa shape index (κ2) is 5.96. The van der Waals surface area contributed by atoms with Crippen molar-refractivity contribution in [3.8, 4) is 0 Å². The summed E-state index contributed by atoms with van der Waals surface area (Å²) in [5.41, 5.74) is 4.33. The highest BCUT2D eigenvalue weighted by atomic mass is 15.2. The highest BCUT2D eigenvalue weighted by Gasteiger charge is 2.18. The summed E-state index contributed by atoms with van der Waals surface area (Å²) in [6, 6.07) is 7.02. The minimum absolute atomic E-state index is 0.631. The third-order valence-corrected chi connectivity index (χ3v) is 4.60. The first-order valence-electron chi connectivity index (χ1n) is 7.53. The van der Waals surface area contributed by atoms with Gasteiger partial charge in [-0.3, -0.25) is 0 Å². The molecule has 1 aromatic carbocycles. The minimum atomic E-state index is 0.631. The molecule has 0 amide bonds. The van der Waals surface area contributed by atoms with Crippen molar-refractivity contribution < 1.29 is 0 Å². The fourth-order valence-corrected chi connectivity index (χ4v) is 2.68. The summed E-state index contributed by atoms with van der Waals surface area (Å²) < 4.78 is 0. The van der Waals surface area contributed by atoms with Crippen molar-refractivity contribution in [1.82, 2.24) is 4.90 Å². The summed E-state index contributed by atoms with van der Waals surface area (Å²) in [6.07, 6.45) is 0. The van der Waals surface area contributed by atoms with Gasteiger partial charge in [0, 0.05) is 31.9 Å². The Bertz CT molecular complexity index is 417. The smallest absolute Gasteiger partial charge is 0.0399 e. The third-order valence-electron chi connectivity index (χ3n) is 4.60. The molecule has 1 aliphatic rings. The molecule has 1 heterocycles. The number of rotatable bonds is 3. The summed E-state index contributed by atoms with van der Waals surface area (Å²) in [7, 11) is 2.21. The van der Waals surface area contributed by atoms with E-state index in [9.17, 15) is 0 Å². The van der Waals surface area contributed by atoms with E-state index >= 15 is 0 Å². The molecule has 0 saturated carbocycles. The predicted octanol–water partition coefficient (Wildman–Crippen LogP) is 3.51. The van der Waals surface area contributed by atoms with E-state index in [1.807, 2.05) is 0 Å². The van der Waals surface area contributed by atoms with Crippen molar-refractivity contribution in [2.24, 2.45) is 5.92 Å². The van der Waals surface area contributed by atoms with Crippen LogP contribution >= 0.6 is 0 Å². The van der Waals surface area contributed by atoms with Crippen molar-refractivity contribution in [3.05, 3.63) is 29.3 Å². The van der Waals surface area contributed by atoms with E-state index in [1.54, 1.807) is 0 Å². The summed E-state index contributed by atoms with van der Waals surface area (Å²) in [5, 5.41) is 0. The highest BCUT2D eigenvalue weighted by Crippen LogP contribution is 2.29. The third kappa shape index (κ3) is 3.30. The molecule has 2 rings (SSSR count). The Morgan fingerprint density at radius 1 is 1.00 bits per heavy atom. The molecule has 0 bridgehead atoms. The zero-order valence-electron chi connectivity index (χ0n) is 13.1. The molecular weight excluding hydrogens is 232 g/mol. The van der Waals surface area contributed by atoms with Gasteiger partial charge < -0.3 is 9.80 Å². The molecule has 0 spiro atoms. The SMILES string of the molecule is Cc1ccc(C(C)C(C)C)cc1N1CCN(C)CC1. The maximum Gasteiger partial charge on any atom is 0.0399 e. The molecule has 1 aliphatic heterocycles. The van der Waals surface area contributed by atoms with E-state index in [1.165, 1.54) is 29.9 Å². The van der Waals surface area contributed by atoms with E-state index in [0.29, 0.717) is 11.8 Å². The largest absolute Gasteiger partial charge is 0.369 e. The van der Waals surface area contributed by atoms with Gasteiger partial charge in [0.1, 0.15) is 0 Å². The number of piperazine rings is 1. The Labute approximate surface area is 118 Å². The number of nitrogens with zero attached hydrogens (tertiary/aromatic N) is 2. The van der Waals surface area contributed by atoms with Gasteiger partial charge in [-0.05, 0) is 43.0 Å². The average Bonchev–Trinajstić information content (AvgIpc) is 2.39. The van der Waals surface area contributed by atoms with Crippen LogP contribution in [0.3, 0.4) is 0 Å². The van der Waals surface area contributed by atoms with Gasteiger partial charge in [0.2, 0.25) is 0 Å². The van der Waals surface area contributed by atoms with E-state index in [0.717, 1.165) is 13.1 Å². The van der Waals surface area contributed by atoms with Crippen LogP contribution in [0, 0.1) is 12.8 Å². The summed E-state index contributed by atoms with van der Waals surface area (Å²) >= 11 is 0. The van der Waals surface area contributed by atoms with Crippen LogP contribution in [0.15, 0.2) is 18.2 Å². The lowest BCUT2D eigenvalue weighted by Crippen LogP contribution is -2.44. The molecule has 1 saturated heterocycles. The normalized spacial score (nSPS) is 18.9. The number of aryl methyl sites for hydroxylation is 1. The maximum atomic E-state index is 2.55. The fourth-order valence-electron chi connectivity index (χ4n) is 2.68. The first-order valence-corrected chi connectivity index (χ1v) is 7.53. The molecular formula is C17H28N2. The van der Waals surface area contributed by atoms with Crippen LogP contribution in [0.4, 0.5) is 5.69 Å². The summed E-state index contributed by atoms with van der Waals surface area (Å²) in [5.74, 6) is 1.33. The standard InChI is InChI=1S/C17H28N2/c1-13(2)15(4)16-7-6-14(3)17(12-16)19-10-8-18(5)9-11-19/h6-7,12-13,15H,8-11H2,1-5H3. The molecule has 0 radical (unpaired) electrons. The van der Waals surface area contributed by atoms with Gasteiger partial charge in [0.05, 0.1) is 0 Å². The molecule has 1 atom stereocenters. The van der Waals surface area contributed by atoms with Gasteiger partial charge in [0.25, 0.3) is 0 Å². The molecule has 0 N–H and O–H groups in total. The molecule has 2 nitrogen and oxygen atoms in total. The van der Waals surface area contributed by atoms with Crippen LogP contribution in [-0.2, 0) is 0 Å². The lowest BCUT2D eigenvalue weighted by molar-refractivity contribution is 0.312. The van der Waals surface area contributed by atoms with Crippen molar-refractivity contribution in [2.45, 2.75) is 33.6 Å². The van der Waals surface area contributed by atoms with Crippen LogP contribution in [0.2, 0.25) is 0 Å². The lowest BCUT2D eigenvalue weighted by atomic mass is 9.89. The highest BCUT2D eigenvalue weighted by molar-refractivity contribution is 5.56. The molecule has 0 aliphatic carbocycles. The van der Waals surface area contributed by atoms with Crippen LogP contribution < -0.4 is 4.90 Å². The van der Waals surface area contributed by atoms with Gasteiger partial charge in [-0.1, -0.05) is 32.9 Å². The zero-order valence-corrected chi connectivity index (χ0v) is 13.1. The molecule has 1 fully saturated rings. The van der Waals surface area contributed by atoms with Crippen LogP contribution in [0.1, 0.15) is 37.8 Å². The van der Waals surface area contributed by atoms with Crippen molar-refractivity contribution in [3.63, 3.8) is 0 Å². The van der Waals surface area contributed by atoms with E-state index in [-0.39, 0.29) is 0 Å². The number of hydrogen-bond donors (Lipinski definition) is 0. The lowest BCUT2D eigenvalue weighted by Gasteiger charge is -2.35. The number of likely N-dealkylation sites (N-methyl/N-ethyl adjacent to an activating group) is 1. The van der Waals surface area contributed by atoms with Gasteiger partial charge in [0.15, 0.2) is 0 Å². The first kappa shape index (κ1) is 14.4. The van der Waals surface area contributed by atoms with Gasteiger partial charge in [-0.15, -0.1) is 0 Å². The Balaban J connectivity index is 2.22. The van der Waals surface area contributed by atoms with Gasteiger partial charge in [-0.2, -0.15) is 0 Å². The van der Waals surface area contributed by atoms with E-state index in [2.05, 4.69) is 62.7 Å². The summed E-state index contributed by atoms with van der Waals surface area (Å²) in [6.45, 7) is 13.8. The Morgan fingerprint density at radius 3 is 2.21 bits per heavy atom. The van der Waals surface area contributed by atoms with Crippen molar-refractivity contribution >= 4 is 5.69 Å². The zero-order chi connectivity index (χ0) is 14.0. The fraction of sp³-hybridized carbons (Fsp3) is 0.647.